The summed E-state index contributed by atoms with van der Waals surface area (Å²) in [7, 11) is 4.20. The normalized spacial score (nSPS) is 19.1. The van der Waals surface area contributed by atoms with Crippen molar-refractivity contribution in [2.24, 2.45) is 0 Å². The second-order valence-electron chi connectivity index (χ2n) is 4.48. The van der Waals surface area contributed by atoms with Gasteiger partial charge in [-0.3, -0.25) is 4.90 Å². The molecular formula is C12H21N3S. The monoisotopic (exact) mass is 239 g/mol. The van der Waals surface area contributed by atoms with Gasteiger partial charge in [0.1, 0.15) is 0 Å². The Balaban J connectivity index is 1.83. The summed E-state index contributed by atoms with van der Waals surface area (Å²) in [4.78, 5) is 7.88. The number of thiophene rings is 1. The first-order chi connectivity index (χ1) is 7.78. The Hall–Kier alpha value is -0.420. The number of rotatable bonds is 4. The van der Waals surface area contributed by atoms with Gasteiger partial charge in [0.2, 0.25) is 0 Å². The maximum Gasteiger partial charge on any atom is 0.0329 e. The van der Waals surface area contributed by atoms with E-state index in [4.69, 9.17) is 0 Å². The highest BCUT2D eigenvalue weighted by atomic mass is 32.1. The van der Waals surface area contributed by atoms with Crippen LogP contribution >= 0.6 is 11.3 Å². The summed E-state index contributed by atoms with van der Waals surface area (Å²) in [6.45, 7) is 6.94. The summed E-state index contributed by atoms with van der Waals surface area (Å²) >= 11 is 1.93. The number of hydrogen-bond donors (Lipinski definition) is 1. The van der Waals surface area contributed by atoms with E-state index >= 15 is 0 Å². The van der Waals surface area contributed by atoms with Crippen molar-refractivity contribution in [3.63, 3.8) is 0 Å². The van der Waals surface area contributed by atoms with Gasteiger partial charge in [0.25, 0.3) is 0 Å². The Labute approximate surface area is 102 Å². The molecule has 0 bridgehead atoms. The minimum Gasteiger partial charge on any atom is -0.315 e. The van der Waals surface area contributed by atoms with Crippen LogP contribution in [0.5, 0.6) is 0 Å². The minimum absolute atomic E-state index is 0.993. The van der Waals surface area contributed by atoms with E-state index in [0.717, 1.165) is 13.1 Å². The lowest BCUT2D eigenvalue weighted by Crippen LogP contribution is -2.43. The molecule has 1 saturated heterocycles. The summed E-state index contributed by atoms with van der Waals surface area (Å²) in [6, 6.07) is 4.52. The lowest BCUT2D eigenvalue weighted by Gasteiger charge is -2.31. The van der Waals surface area contributed by atoms with Crippen LogP contribution in [-0.4, -0.2) is 50.1 Å². The fraction of sp³-hybridized carbons (Fsp3) is 0.667. The zero-order chi connectivity index (χ0) is 11.4. The number of piperazine rings is 1. The molecule has 0 saturated carbocycles. The second kappa shape index (κ2) is 5.77. The molecule has 0 spiro atoms. The van der Waals surface area contributed by atoms with Crippen molar-refractivity contribution in [3.05, 3.63) is 21.9 Å². The van der Waals surface area contributed by atoms with Crippen LogP contribution in [0.1, 0.15) is 9.75 Å². The molecule has 3 nitrogen and oxygen atoms in total. The molecule has 0 radical (unpaired) electrons. The van der Waals surface area contributed by atoms with Crippen LogP contribution in [0.3, 0.4) is 0 Å². The van der Waals surface area contributed by atoms with Crippen molar-refractivity contribution < 1.29 is 0 Å². The maximum atomic E-state index is 3.20. The average molecular weight is 239 g/mol. The van der Waals surface area contributed by atoms with Crippen LogP contribution in [0.4, 0.5) is 0 Å². The standard InChI is InChI=1S/C12H21N3S/c1-13-9-11-3-4-12(16-11)10-15-7-5-14(2)6-8-15/h3-4,13H,5-10H2,1-2H3. The summed E-state index contributed by atoms with van der Waals surface area (Å²) < 4.78 is 0. The molecule has 1 aromatic heterocycles. The fourth-order valence-electron chi connectivity index (χ4n) is 2.00. The highest BCUT2D eigenvalue weighted by Gasteiger charge is 2.14. The van der Waals surface area contributed by atoms with Crippen LogP contribution in [0.2, 0.25) is 0 Å². The van der Waals surface area contributed by atoms with E-state index in [-0.39, 0.29) is 0 Å². The van der Waals surface area contributed by atoms with Gasteiger partial charge in [0, 0.05) is 49.0 Å². The highest BCUT2D eigenvalue weighted by molar-refractivity contribution is 7.11. The lowest BCUT2D eigenvalue weighted by molar-refractivity contribution is 0.149. The van der Waals surface area contributed by atoms with Crippen molar-refractivity contribution in [1.82, 2.24) is 15.1 Å². The van der Waals surface area contributed by atoms with E-state index in [0.29, 0.717) is 0 Å². The summed E-state index contributed by atoms with van der Waals surface area (Å²) in [5.41, 5.74) is 0. The first kappa shape index (κ1) is 12.0. The zero-order valence-corrected chi connectivity index (χ0v) is 11.0. The molecule has 16 heavy (non-hydrogen) atoms. The molecule has 90 valence electrons. The van der Waals surface area contributed by atoms with Crippen LogP contribution in [0.25, 0.3) is 0 Å². The molecule has 1 N–H and O–H groups in total. The quantitative estimate of drug-likeness (QED) is 0.852. The van der Waals surface area contributed by atoms with E-state index in [1.165, 1.54) is 35.9 Å². The van der Waals surface area contributed by atoms with Gasteiger partial charge < -0.3 is 10.2 Å². The molecule has 1 aliphatic rings. The van der Waals surface area contributed by atoms with Gasteiger partial charge in [-0.2, -0.15) is 0 Å². The molecule has 0 aromatic carbocycles. The van der Waals surface area contributed by atoms with Gasteiger partial charge in [-0.05, 0) is 26.2 Å². The van der Waals surface area contributed by atoms with Crippen molar-refractivity contribution in [2.75, 3.05) is 40.3 Å². The van der Waals surface area contributed by atoms with E-state index in [2.05, 4.69) is 34.3 Å². The van der Waals surface area contributed by atoms with Gasteiger partial charge in [-0.15, -0.1) is 11.3 Å². The van der Waals surface area contributed by atoms with Crippen LogP contribution < -0.4 is 5.32 Å². The number of likely N-dealkylation sites (N-methyl/N-ethyl adjacent to an activating group) is 1. The Morgan fingerprint density at radius 1 is 1.19 bits per heavy atom. The molecule has 1 aromatic rings. The van der Waals surface area contributed by atoms with Crippen molar-refractivity contribution in [3.8, 4) is 0 Å². The molecule has 1 aliphatic heterocycles. The number of nitrogens with one attached hydrogen (secondary N) is 1. The van der Waals surface area contributed by atoms with Crippen molar-refractivity contribution in [2.45, 2.75) is 13.1 Å². The fourth-order valence-corrected chi connectivity index (χ4v) is 3.08. The Morgan fingerprint density at radius 2 is 1.88 bits per heavy atom. The van der Waals surface area contributed by atoms with E-state index in [1.54, 1.807) is 0 Å². The van der Waals surface area contributed by atoms with Gasteiger partial charge in [0.15, 0.2) is 0 Å². The molecule has 2 heterocycles. The van der Waals surface area contributed by atoms with Gasteiger partial charge in [0.05, 0.1) is 0 Å². The van der Waals surface area contributed by atoms with Gasteiger partial charge in [-0.25, -0.2) is 0 Å². The average Bonchev–Trinajstić information content (AvgIpc) is 2.70. The third-order valence-electron chi connectivity index (χ3n) is 3.04. The smallest absolute Gasteiger partial charge is 0.0329 e. The largest absolute Gasteiger partial charge is 0.315 e. The summed E-state index contributed by atoms with van der Waals surface area (Å²) in [5.74, 6) is 0. The topological polar surface area (TPSA) is 18.5 Å². The highest BCUT2D eigenvalue weighted by Crippen LogP contribution is 2.18. The van der Waals surface area contributed by atoms with Gasteiger partial charge >= 0.3 is 0 Å². The molecule has 2 rings (SSSR count). The summed E-state index contributed by atoms with van der Waals surface area (Å²) in [6.07, 6.45) is 0. The first-order valence-electron chi connectivity index (χ1n) is 5.91. The van der Waals surface area contributed by atoms with Crippen molar-refractivity contribution in [1.29, 1.82) is 0 Å². The second-order valence-corrected chi connectivity index (χ2v) is 5.73. The summed E-state index contributed by atoms with van der Waals surface area (Å²) in [5, 5.41) is 3.20. The van der Waals surface area contributed by atoms with Crippen LogP contribution in [0.15, 0.2) is 12.1 Å². The molecule has 0 unspecified atom stereocenters. The first-order valence-corrected chi connectivity index (χ1v) is 6.72. The third kappa shape index (κ3) is 3.28. The Morgan fingerprint density at radius 3 is 2.56 bits per heavy atom. The molecule has 1 fully saturated rings. The van der Waals surface area contributed by atoms with Crippen LogP contribution in [-0.2, 0) is 13.1 Å². The maximum absolute atomic E-state index is 3.20. The van der Waals surface area contributed by atoms with E-state index in [1.807, 2.05) is 18.4 Å². The number of nitrogens with zero attached hydrogens (tertiary/aromatic N) is 2. The molecule has 0 atom stereocenters. The van der Waals surface area contributed by atoms with Crippen molar-refractivity contribution >= 4 is 11.3 Å². The predicted octanol–water partition coefficient (Wildman–Crippen LogP) is 1.21. The minimum atomic E-state index is 0.993. The predicted molar refractivity (Wildman–Crippen MR) is 69.9 cm³/mol. The molecule has 4 heteroatoms. The zero-order valence-electron chi connectivity index (χ0n) is 10.2. The Kier molecular flexibility index (Phi) is 4.35. The SMILES string of the molecule is CNCc1ccc(CN2CCN(C)CC2)s1. The van der Waals surface area contributed by atoms with Crippen LogP contribution in [0, 0.1) is 0 Å². The molecule has 0 aliphatic carbocycles. The van der Waals surface area contributed by atoms with E-state index < -0.39 is 0 Å². The van der Waals surface area contributed by atoms with Gasteiger partial charge in [-0.1, -0.05) is 0 Å². The molecular weight excluding hydrogens is 218 g/mol. The van der Waals surface area contributed by atoms with E-state index in [9.17, 15) is 0 Å². The Bertz CT molecular complexity index is 316. The third-order valence-corrected chi connectivity index (χ3v) is 4.11. The molecule has 0 amide bonds. The lowest BCUT2D eigenvalue weighted by atomic mass is 10.3. The number of hydrogen-bond acceptors (Lipinski definition) is 4.